The van der Waals surface area contributed by atoms with Crippen molar-refractivity contribution < 1.29 is 36.2 Å². The maximum Gasteiger partial charge on any atom is 0.419 e. The number of nitrogens with zero attached hydrogens (tertiary/aromatic N) is 1. The maximum absolute atomic E-state index is 12.9. The number of amides is 1. The van der Waals surface area contributed by atoms with Crippen molar-refractivity contribution >= 4 is 23.7 Å². The Kier molecular flexibility index (Phi) is 5.69. The number of carbonyl (C=O) groups is 1. The highest BCUT2D eigenvalue weighted by Crippen LogP contribution is 2.41. The summed E-state index contributed by atoms with van der Waals surface area (Å²) >= 11 is 5.70. The van der Waals surface area contributed by atoms with Gasteiger partial charge in [0.2, 0.25) is 0 Å². The Balaban J connectivity index is 2.34. The Hall–Kier alpha value is -2.75. The standard InChI is InChI=1S/C16H9ClF6N2O2/c17-11-3-1-2-8(5-11)14(27)25-24-7-9-4-10(15(18,19)20)6-12(13(9)26)16(21,22)23/h1-7,26H,(H,25,27)/b24-7+. The number of phenolic OH excluding ortho intramolecular Hbond substituents is 1. The summed E-state index contributed by atoms with van der Waals surface area (Å²) in [6.07, 6.45) is -9.83. The maximum atomic E-state index is 12.9. The van der Waals surface area contributed by atoms with Gasteiger partial charge >= 0.3 is 12.4 Å². The third-order valence-corrected chi connectivity index (χ3v) is 3.46. The molecule has 0 aliphatic carbocycles. The molecule has 2 aromatic rings. The van der Waals surface area contributed by atoms with Gasteiger partial charge in [0.1, 0.15) is 5.75 Å². The molecular weight excluding hydrogens is 402 g/mol. The number of halogens is 7. The van der Waals surface area contributed by atoms with Crippen LogP contribution in [0.15, 0.2) is 41.5 Å². The van der Waals surface area contributed by atoms with Crippen LogP contribution in [0.1, 0.15) is 27.0 Å². The van der Waals surface area contributed by atoms with E-state index < -0.39 is 40.7 Å². The van der Waals surface area contributed by atoms with Crippen molar-refractivity contribution in [3.8, 4) is 5.75 Å². The van der Waals surface area contributed by atoms with E-state index >= 15 is 0 Å². The van der Waals surface area contributed by atoms with E-state index in [9.17, 15) is 36.2 Å². The molecule has 1 amide bonds. The lowest BCUT2D eigenvalue weighted by molar-refractivity contribution is -0.143. The first-order valence-corrected chi connectivity index (χ1v) is 7.38. The summed E-state index contributed by atoms with van der Waals surface area (Å²) in [7, 11) is 0. The normalized spacial score (nSPS) is 12.4. The summed E-state index contributed by atoms with van der Waals surface area (Å²) < 4.78 is 77.0. The zero-order valence-corrected chi connectivity index (χ0v) is 13.7. The Morgan fingerprint density at radius 3 is 2.30 bits per heavy atom. The van der Waals surface area contributed by atoms with Crippen LogP contribution in [0.2, 0.25) is 5.02 Å². The number of alkyl halides is 6. The second-order valence-electron chi connectivity index (χ2n) is 5.17. The molecule has 4 nitrogen and oxygen atoms in total. The summed E-state index contributed by atoms with van der Waals surface area (Å²) in [5.74, 6) is -2.26. The topological polar surface area (TPSA) is 61.7 Å². The Morgan fingerprint density at radius 2 is 1.74 bits per heavy atom. The van der Waals surface area contributed by atoms with Crippen molar-refractivity contribution in [1.82, 2.24) is 5.43 Å². The number of hydrogen-bond acceptors (Lipinski definition) is 3. The van der Waals surface area contributed by atoms with E-state index in [1.165, 1.54) is 24.3 Å². The van der Waals surface area contributed by atoms with Crippen LogP contribution in [0.25, 0.3) is 0 Å². The molecule has 2 N–H and O–H groups in total. The largest absolute Gasteiger partial charge is 0.507 e. The lowest BCUT2D eigenvalue weighted by Gasteiger charge is -2.15. The monoisotopic (exact) mass is 410 g/mol. The van der Waals surface area contributed by atoms with E-state index in [0.717, 1.165) is 0 Å². The molecule has 27 heavy (non-hydrogen) atoms. The average molecular weight is 411 g/mol. The fourth-order valence-electron chi connectivity index (χ4n) is 1.99. The molecule has 0 saturated heterocycles. The first-order chi connectivity index (χ1) is 12.4. The summed E-state index contributed by atoms with van der Waals surface area (Å²) in [5.41, 5.74) is -2.40. The Morgan fingerprint density at radius 1 is 1.07 bits per heavy atom. The highest BCUT2D eigenvalue weighted by Gasteiger charge is 2.39. The molecule has 0 saturated carbocycles. The third-order valence-electron chi connectivity index (χ3n) is 3.23. The van der Waals surface area contributed by atoms with Crippen LogP contribution in [0, 0.1) is 0 Å². The minimum Gasteiger partial charge on any atom is -0.507 e. The van der Waals surface area contributed by atoms with E-state index in [4.69, 9.17) is 11.6 Å². The number of aromatic hydroxyl groups is 1. The van der Waals surface area contributed by atoms with Gasteiger partial charge in [0, 0.05) is 16.1 Å². The fourth-order valence-corrected chi connectivity index (χ4v) is 2.18. The molecule has 0 bridgehead atoms. The summed E-state index contributed by atoms with van der Waals surface area (Å²) in [5, 5.41) is 13.2. The second-order valence-corrected chi connectivity index (χ2v) is 5.60. The molecule has 0 unspecified atom stereocenters. The van der Waals surface area contributed by atoms with E-state index in [-0.39, 0.29) is 22.7 Å². The lowest BCUT2D eigenvalue weighted by atomic mass is 10.0. The molecule has 0 heterocycles. The lowest BCUT2D eigenvalue weighted by Crippen LogP contribution is -2.18. The third kappa shape index (κ3) is 5.13. The SMILES string of the molecule is O=C(N/N=C/c1cc(C(F)(F)F)cc(C(F)(F)F)c1O)c1cccc(Cl)c1. The van der Waals surface area contributed by atoms with Crippen molar-refractivity contribution in [2.24, 2.45) is 5.10 Å². The van der Waals surface area contributed by atoms with E-state index in [0.29, 0.717) is 6.21 Å². The van der Waals surface area contributed by atoms with Gasteiger partial charge in [0.25, 0.3) is 5.91 Å². The number of benzene rings is 2. The van der Waals surface area contributed by atoms with E-state index in [1.807, 2.05) is 5.43 Å². The van der Waals surface area contributed by atoms with Gasteiger partial charge in [0.15, 0.2) is 0 Å². The highest BCUT2D eigenvalue weighted by molar-refractivity contribution is 6.30. The summed E-state index contributed by atoms with van der Waals surface area (Å²) in [4.78, 5) is 11.8. The molecule has 0 fully saturated rings. The molecule has 2 rings (SSSR count). The zero-order chi connectivity index (χ0) is 20.4. The van der Waals surface area contributed by atoms with Crippen molar-refractivity contribution in [3.63, 3.8) is 0 Å². The van der Waals surface area contributed by atoms with Crippen LogP contribution >= 0.6 is 11.6 Å². The van der Waals surface area contributed by atoms with Crippen LogP contribution in [0.4, 0.5) is 26.3 Å². The van der Waals surface area contributed by atoms with Crippen LogP contribution in [0.5, 0.6) is 5.75 Å². The first kappa shape index (κ1) is 20.6. The van der Waals surface area contributed by atoms with Crippen molar-refractivity contribution in [3.05, 3.63) is 63.7 Å². The van der Waals surface area contributed by atoms with Gasteiger partial charge in [-0.15, -0.1) is 0 Å². The highest BCUT2D eigenvalue weighted by atomic mass is 35.5. The smallest absolute Gasteiger partial charge is 0.419 e. The molecule has 0 spiro atoms. The molecule has 0 atom stereocenters. The fraction of sp³-hybridized carbons (Fsp3) is 0.125. The van der Waals surface area contributed by atoms with E-state index in [1.54, 1.807) is 0 Å². The minimum absolute atomic E-state index is 0.0592. The Labute approximate surface area is 153 Å². The molecule has 0 radical (unpaired) electrons. The number of rotatable bonds is 3. The summed E-state index contributed by atoms with van der Waals surface area (Å²) in [6.45, 7) is 0. The number of nitrogens with one attached hydrogen (secondary N) is 1. The molecule has 144 valence electrons. The van der Waals surface area contributed by atoms with E-state index in [2.05, 4.69) is 5.10 Å². The minimum atomic E-state index is -5.22. The van der Waals surface area contributed by atoms with Crippen LogP contribution in [-0.2, 0) is 12.4 Å². The van der Waals surface area contributed by atoms with Crippen LogP contribution in [0.3, 0.4) is 0 Å². The van der Waals surface area contributed by atoms with Gasteiger partial charge < -0.3 is 5.11 Å². The van der Waals surface area contributed by atoms with Crippen molar-refractivity contribution in [2.45, 2.75) is 12.4 Å². The zero-order valence-electron chi connectivity index (χ0n) is 13.0. The van der Waals surface area contributed by atoms with Gasteiger partial charge in [-0.3, -0.25) is 4.79 Å². The van der Waals surface area contributed by atoms with Crippen LogP contribution in [-0.4, -0.2) is 17.2 Å². The average Bonchev–Trinajstić information content (AvgIpc) is 2.54. The molecule has 0 aliphatic rings. The first-order valence-electron chi connectivity index (χ1n) is 7.00. The predicted octanol–water partition coefficient (Wildman–Crippen LogP) is 4.85. The number of hydrogen-bond donors (Lipinski definition) is 2. The molecular formula is C16H9ClF6N2O2. The van der Waals surface area contributed by atoms with Crippen LogP contribution < -0.4 is 5.43 Å². The van der Waals surface area contributed by atoms with Gasteiger partial charge in [-0.1, -0.05) is 17.7 Å². The molecule has 2 aromatic carbocycles. The van der Waals surface area contributed by atoms with Gasteiger partial charge in [-0.25, -0.2) is 5.43 Å². The molecule has 11 heteroatoms. The predicted molar refractivity (Wildman–Crippen MR) is 84.6 cm³/mol. The molecule has 0 aliphatic heterocycles. The van der Waals surface area contributed by atoms with Gasteiger partial charge in [-0.05, 0) is 30.3 Å². The number of phenols is 1. The van der Waals surface area contributed by atoms with Gasteiger partial charge in [0.05, 0.1) is 17.3 Å². The number of carbonyl (C=O) groups excluding carboxylic acids is 1. The summed E-state index contributed by atoms with van der Waals surface area (Å²) in [6, 6.07) is 5.64. The number of hydrazone groups is 1. The Bertz CT molecular complexity index is 893. The molecule has 0 aromatic heterocycles. The quantitative estimate of drug-likeness (QED) is 0.432. The second kappa shape index (κ2) is 7.47. The van der Waals surface area contributed by atoms with Gasteiger partial charge in [-0.2, -0.15) is 31.4 Å². The van der Waals surface area contributed by atoms with Crippen molar-refractivity contribution in [1.29, 1.82) is 0 Å². The van der Waals surface area contributed by atoms with Crippen molar-refractivity contribution in [2.75, 3.05) is 0 Å².